The molecule has 0 saturated heterocycles. The van der Waals surface area contributed by atoms with Crippen molar-refractivity contribution in [3.63, 3.8) is 0 Å². The van der Waals surface area contributed by atoms with Gasteiger partial charge in [-0.2, -0.15) is 12.4 Å². The molecule has 0 N–H and O–H groups in total. The quantitative estimate of drug-likeness (QED) is 0.382. The first-order chi connectivity index (χ1) is 6.49. The Morgan fingerprint density at radius 1 is 1.43 bits per heavy atom. The van der Waals surface area contributed by atoms with Crippen molar-refractivity contribution in [1.82, 2.24) is 0 Å². The fourth-order valence-corrected chi connectivity index (χ4v) is 2.19. The van der Waals surface area contributed by atoms with Gasteiger partial charge in [-0.25, -0.2) is 4.57 Å². The fraction of sp³-hybridized carbons (Fsp3) is 0.667. The fourth-order valence-electron chi connectivity index (χ4n) is 0.742. The summed E-state index contributed by atoms with van der Waals surface area (Å²) in [5.74, 6) is 2.06. The number of hydrogen-bond acceptors (Lipinski definition) is 6. The summed E-state index contributed by atoms with van der Waals surface area (Å²) in [5.41, 5.74) is 0. The van der Waals surface area contributed by atoms with Gasteiger partial charge in [0.05, 0.1) is 6.42 Å². The van der Waals surface area contributed by atoms with Gasteiger partial charge in [-0.1, -0.05) is 5.92 Å². The van der Waals surface area contributed by atoms with E-state index in [0.717, 1.165) is 14.2 Å². The highest BCUT2D eigenvalue weighted by Crippen LogP contribution is 2.27. The molecule has 0 unspecified atom stereocenters. The molecule has 0 heterocycles. The van der Waals surface area contributed by atoms with E-state index in [1.54, 1.807) is 0 Å². The van der Waals surface area contributed by atoms with E-state index < -0.39 is 23.9 Å². The van der Waals surface area contributed by atoms with Crippen LogP contribution in [0.25, 0.3) is 0 Å². The summed E-state index contributed by atoms with van der Waals surface area (Å²) in [5, 5.41) is -2.11. The van der Waals surface area contributed by atoms with Crippen LogP contribution in [0.4, 0.5) is 0 Å². The third-order valence-electron chi connectivity index (χ3n) is 1.45. The minimum Gasteiger partial charge on any atom is -0.338 e. The molecule has 0 aliphatic heterocycles. The summed E-state index contributed by atoms with van der Waals surface area (Å²) in [6.45, 7) is 0. The lowest BCUT2D eigenvalue weighted by Crippen LogP contribution is -2.42. The van der Waals surface area contributed by atoms with E-state index >= 15 is 0 Å². The second kappa shape index (κ2) is 5.39. The summed E-state index contributed by atoms with van der Waals surface area (Å²) in [4.78, 5) is 0. The highest BCUT2D eigenvalue weighted by molar-refractivity contribution is 7.90. The lowest BCUT2D eigenvalue weighted by Gasteiger charge is -2.25. The minimum atomic E-state index is -4.31. The highest BCUT2D eigenvalue weighted by atomic mass is 32.2. The average molecular weight is 240 g/mol. The Morgan fingerprint density at radius 2 is 1.93 bits per heavy atom. The molecule has 0 rings (SSSR count). The Morgan fingerprint density at radius 3 is 2.21 bits per heavy atom. The average Bonchev–Trinajstić information content (AvgIpc) is 2.13. The van der Waals surface area contributed by atoms with Crippen LogP contribution in [0.2, 0.25) is 0 Å². The summed E-state index contributed by atoms with van der Waals surface area (Å²) >= 11 is 0. The van der Waals surface area contributed by atoms with E-state index in [0.29, 0.717) is 0 Å². The zero-order chi connectivity index (χ0) is 11.2. The van der Waals surface area contributed by atoms with Gasteiger partial charge in [-0.3, -0.25) is 0 Å². The standard InChI is InChI=1S/C6H9O6PS/c1-4-5-6(10-2,11-3)14(8,9)12-13-7/h1H,5H2,2-3H3. The van der Waals surface area contributed by atoms with Crippen molar-refractivity contribution in [3.8, 4) is 12.3 Å². The van der Waals surface area contributed by atoms with E-state index in [1.807, 2.05) is 0 Å². The van der Waals surface area contributed by atoms with Crippen LogP contribution < -0.4 is 0 Å². The molecule has 0 aliphatic rings. The number of terminal acetylenes is 1. The molecule has 0 spiro atoms. The number of ether oxygens (including phenoxy) is 2. The van der Waals surface area contributed by atoms with Crippen LogP contribution in [0.15, 0.2) is 0 Å². The molecule has 8 heteroatoms. The lowest BCUT2D eigenvalue weighted by molar-refractivity contribution is -0.140. The van der Waals surface area contributed by atoms with E-state index in [2.05, 4.69) is 19.4 Å². The SMILES string of the molecule is C#CCC(OC)(OC)S(=O)(=O)OP=O. The van der Waals surface area contributed by atoms with Crippen molar-refractivity contribution in [2.24, 2.45) is 0 Å². The number of rotatable bonds is 6. The Hall–Kier alpha value is -0.510. The smallest absolute Gasteiger partial charge is 0.338 e. The van der Waals surface area contributed by atoms with Gasteiger partial charge >= 0.3 is 23.9 Å². The molecule has 6 nitrogen and oxygen atoms in total. The molecule has 0 aromatic carbocycles. The second-order valence-electron chi connectivity index (χ2n) is 2.08. The van der Waals surface area contributed by atoms with Gasteiger partial charge in [0.2, 0.25) is 0 Å². The zero-order valence-electron chi connectivity index (χ0n) is 7.59. The molecule has 0 atom stereocenters. The van der Waals surface area contributed by atoms with Gasteiger partial charge in [-0.05, 0) is 0 Å². The van der Waals surface area contributed by atoms with Gasteiger partial charge in [0, 0.05) is 14.2 Å². The summed E-state index contributed by atoms with van der Waals surface area (Å²) in [6, 6.07) is 0. The first-order valence-corrected chi connectivity index (χ1v) is 5.43. The van der Waals surface area contributed by atoms with E-state index in [1.165, 1.54) is 0 Å². The molecule has 0 amide bonds. The van der Waals surface area contributed by atoms with Gasteiger partial charge in [0.25, 0.3) is 0 Å². The van der Waals surface area contributed by atoms with E-state index in [4.69, 9.17) is 6.42 Å². The topological polar surface area (TPSA) is 78.9 Å². The highest BCUT2D eigenvalue weighted by Gasteiger charge is 2.46. The molecule has 0 aromatic rings. The first-order valence-electron chi connectivity index (χ1n) is 3.29. The zero-order valence-corrected chi connectivity index (χ0v) is 9.30. The van der Waals surface area contributed by atoms with Crippen LogP contribution in [0.5, 0.6) is 0 Å². The van der Waals surface area contributed by atoms with Gasteiger partial charge in [0.1, 0.15) is 0 Å². The molecular weight excluding hydrogens is 231 g/mol. The molecule has 0 bridgehead atoms. The van der Waals surface area contributed by atoms with Crippen molar-refractivity contribution in [2.45, 2.75) is 11.5 Å². The maximum absolute atomic E-state index is 11.3. The molecule has 0 saturated carbocycles. The van der Waals surface area contributed by atoms with E-state index in [-0.39, 0.29) is 6.42 Å². The minimum absolute atomic E-state index is 0.377. The lowest BCUT2D eigenvalue weighted by atomic mass is 10.4. The molecular formula is C6H9O6PS. The van der Waals surface area contributed by atoms with Gasteiger partial charge < -0.3 is 9.47 Å². The Bertz CT molecular complexity index is 325. The monoisotopic (exact) mass is 240 g/mol. The Labute approximate surface area is 83.9 Å². The predicted octanol–water partition coefficient (Wildman–Crippen LogP) is 0.509. The van der Waals surface area contributed by atoms with Crippen molar-refractivity contribution < 1.29 is 26.4 Å². The predicted molar refractivity (Wildman–Crippen MR) is 47.8 cm³/mol. The molecule has 14 heavy (non-hydrogen) atoms. The van der Waals surface area contributed by atoms with Crippen LogP contribution in [-0.2, 0) is 28.1 Å². The van der Waals surface area contributed by atoms with Crippen molar-refractivity contribution >= 4 is 18.8 Å². The van der Waals surface area contributed by atoms with Crippen LogP contribution in [0, 0.1) is 12.3 Å². The third-order valence-corrected chi connectivity index (χ3v) is 3.72. The molecule has 80 valence electrons. The number of methoxy groups -OCH3 is 2. The number of hydrogen-bond donors (Lipinski definition) is 0. The van der Waals surface area contributed by atoms with Crippen molar-refractivity contribution in [2.75, 3.05) is 14.2 Å². The van der Waals surface area contributed by atoms with Crippen LogP contribution in [0.3, 0.4) is 0 Å². The maximum atomic E-state index is 11.3. The van der Waals surface area contributed by atoms with Crippen LogP contribution >= 0.6 is 8.69 Å². The largest absolute Gasteiger partial charge is 0.343 e. The summed E-state index contributed by atoms with van der Waals surface area (Å²) in [7, 11) is -3.16. The third kappa shape index (κ3) is 2.50. The normalized spacial score (nSPS) is 12.6. The molecule has 0 radical (unpaired) electrons. The van der Waals surface area contributed by atoms with E-state index in [9.17, 15) is 13.0 Å². The Kier molecular flexibility index (Phi) is 5.19. The van der Waals surface area contributed by atoms with Crippen molar-refractivity contribution in [1.29, 1.82) is 0 Å². The van der Waals surface area contributed by atoms with Crippen molar-refractivity contribution in [3.05, 3.63) is 0 Å². The van der Waals surface area contributed by atoms with Crippen LogP contribution in [-0.4, -0.2) is 27.8 Å². The van der Waals surface area contributed by atoms with Gasteiger partial charge in [0.15, 0.2) is 0 Å². The van der Waals surface area contributed by atoms with Crippen LogP contribution in [0.1, 0.15) is 6.42 Å². The second-order valence-corrected chi connectivity index (χ2v) is 4.35. The Balaban J connectivity index is 5.19. The van der Waals surface area contributed by atoms with Gasteiger partial charge in [-0.15, -0.1) is 6.42 Å². The molecule has 0 aliphatic carbocycles. The summed E-state index contributed by atoms with van der Waals surface area (Å²) < 4.78 is 45.9. The maximum Gasteiger partial charge on any atom is 0.343 e. The summed E-state index contributed by atoms with van der Waals surface area (Å²) in [6.07, 6.45) is 4.57. The molecule has 0 aromatic heterocycles. The first kappa shape index (κ1) is 13.5. The molecule has 0 fully saturated rings.